The van der Waals surface area contributed by atoms with E-state index in [9.17, 15) is 17.6 Å². The first kappa shape index (κ1) is 14.3. The Hall–Kier alpha value is -1.10. The fourth-order valence-electron chi connectivity index (χ4n) is 2.26. The summed E-state index contributed by atoms with van der Waals surface area (Å²) in [7, 11) is 0. The summed E-state index contributed by atoms with van der Waals surface area (Å²) >= 11 is 0. The van der Waals surface area contributed by atoms with Crippen molar-refractivity contribution < 1.29 is 17.6 Å². The van der Waals surface area contributed by atoms with Gasteiger partial charge in [-0.05, 0) is 48.6 Å². The molecule has 1 aliphatic rings. The molecule has 0 bridgehead atoms. The molecule has 0 heterocycles. The van der Waals surface area contributed by atoms with Crippen molar-refractivity contribution in [3.63, 3.8) is 0 Å². The maximum atomic E-state index is 13.3. The SMILES string of the molecule is CC(C)NCC1CC1c1cc(F)cc(C(F)(F)F)c1. The summed E-state index contributed by atoms with van der Waals surface area (Å²) in [5.74, 6) is -0.458. The molecule has 0 spiro atoms. The summed E-state index contributed by atoms with van der Waals surface area (Å²) < 4.78 is 51.1. The van der Waals surface area contributed by atoms with Gasteiger partial charge in [0.05, 0.1) is 5.56 Å². The molecule has 0 aliphatic heterocycles. The second-order valence-electron chi connectivity index (χ2n) is 5.44. The zero-order chi connectivity index (χ0) is 14.2. The van der Waals surface area contributed by atoms with Crippen LogP contribution in [0.25, 0.3) is 0 Å². The summed E-state index contributed by atoms with van der Waals surface area (Å²) in [6.07, 6.45) is -3.67. The molecule has 106 valence electrons. The molecule has 2 rings (SSSR count). The predicted octanol–water partition coefficient (Wildman–Crippen LogP) is 3.95. The molecule has 19 heavy (non-hydrogen) atoms. The number of halogens is 4. The van der Waals surface area contributed by atoms with Crippen molar-refractivity contribution in [2.24, 2.45) is 5.92 Å². The van der Waals surface area contributed by atoms with Crippen molar-refractivity contribution in [1.82, 2.24) is 5.32 Å². The quantitative estimate of drug-likeness (QED) is 0.820. The topological polar surface area (TPSA) is 12.0 Å². The Morgan fingerprint density at radius 3 is 2.53 bits per heavy atom. The molecule has 5 heteroatoms. The van der Waals surface area contributed by atoms with Crippen molar-refractivity contribution in [3.8, 4) is 0 Å². The molecule has 1 aliphatic carbocycles. The van der Waals surface area contributed by atoms with E-state index in [-0.39, 0.29) is 5.92 Å². The Labute approximate surface area is 110 Å². The van der Waals surface area contributed by atoms with Gasteiger partial charge in [-0.15, -0.1) is 0 Å². The minimum Gasteiger partial charge on any atom is -0.314 e. The Morgan fingerprint density at radius 2 is 1.95 bits per heavy atom. The molecule has 2 atom stereocenters. The van der Waals surface area contributed by atoms with E-state index < -0.39 is 17.6 Å². The molecule has 0 saturated heterocycles. The van der Waals surface area contributed by atoms with Gasteiger partial charge < -0.3 is 5.32 Å². The van der Waals surface area contributed by atoms with Gasteiger partial charge in [-0.1, -0.05) is 13.8 Å². The fraction of sp³-hybridized carbons (Fsp3) is 0.571. The van der Waals surface area contributed by atoms with E-state index in [0.29, 0.717) is 23.6 Å². The minimum atomic E-state index is -4.49. The van der Waals surface area contributed by atoms with Crippen LogP contribution < -0.4 is 5.32 Å². The molecule has 0 radical (unpaired) electrons. The Balaban J connectivity index is 2.08. The van der Waals surface area contributed by atoms with Gasteiger partial charge in [-0.25, -0.2) is 4.39 Å². The van der Waals surface area contributed by atoms with Crippen LogP contribution in [0.5, 0.6) is 0 Å². The Bertz CT molecular complexity index is 453. The predicted molar refractivity (Wildman–Crippen MR) is 65.4 cm³/mol. The molecule has 0 amide bonds. The molecular weight excluding hydrogens is 258 g/mol. The average molecular weight is 275 g/mol. The highest BCUT2D eigenvalue weighted by atomic mass is 19.4. The van der Waals surface area contributed by atoms with E-state index in [1.807, 2.05) is 13.8 Å². The smallest absolute Gasteiger partial charge is 0.314 e. The highest BCUT2D eigenvalue weighted by Gasteiger charge is 2.40. The van der Waals surface area contributed by atoms with Gasteiger partial charge >= 0.3 is 6.18 Å². The van der Waals surface area contributed by atoms with Crippen molar-refractivity contribution >= 4 is 0 Å². The number of hydrogen-bond donors (Lipinski definition) is 1. The van der Waals surface area contributed by atoms with Crippen molar-refractivity contribution in [3.05, 3.63) is 35.1 Å². The number of rotatable bonds is 4. The second kappa shape index (κ2) is 5.12. The molecule has 1 N–H and O–H groups in total. The van der Waals surface area contributed by atoms with E-state index >= 15 is 0 Å². The molecule has 1 saturated carbocycles. The van der Waals surface area contributed by atoms with Gasteiger partial charge in [0.25, 0.3) is 0 Å². The van der Waals surface area contributed by atoms with Crippen LogP contribution in [0.4, 0.5) is 17.6 Å². The summed E-state index contributed by atoms with van der Waals surface area (Å²) in [5, 5.41) is 3.25. The van der Waals surface area contributed by atoms with Crippen molar-refractivity contribution in [2.45, 2.75) is 38.4 Å². The van der Waals surface area contributed by atoms with Gasteiger partial charge in [-0.2, -0.15) is 13.2 Å². The van der Waals surface area contributed by atoms with Gasteiger partial charge in [-0.3, -0.25) is 0 Å². The lowest BCUT2D eigenvalue weighted by Gasteiger charge is -2.10. The van der Waals surface area contributed by atoms with Gasteiger partial charge in [0.1, 0.15) is 5.82 Å². The maximum Gasteiger partial charge on any atom is 0.416 e. The first-order valence-electron chi connectivity index (χ1n) is 6.38. The summed E-state index contributed by atoms with van der Waals surface area (Å²) in [5.41, 5.74) is -0.437. The van der Waals surface area contributed by atoms with E-state index in [1.54, 1.807) is 0 Å². The summed E-state index contributed by atoms with van der Waals surface area (Å²) in [6.45, 7) is 4.79. The zero-order valence-corrected chi connectivity index (χ0v) is 10.9. The fourth-order valence-corrected chi connectivity index (χ4v) is 2.26. The molecular formula is C14H17F4N. The first-order valence-corrected chi connectivity index (χ1v) is 6.38. The van der Waals surface area contributed by atoms with E-state index in [2.05, 4.69) is 5.32 Å². The van der Waals surface area contributed by atoms with Crippen molar-refractivity contribution in [2.75, 3.05) is 6.54 Å². The molecule has 2 unspecified atom stereocenters. The maximum absolute atomic E-state index is 13.3. The monoisotopic (exact) mass is 275 g/mol. The lowest BCUT2D eigenvalue weighted by atomic mass is 10.0. The van der Waals surface area contributed by atoms with Crippen LogP contribution in [0.1, 0.15) is 37.3 Å². The summed E-state index contributed by atoms with van der Waals surface area (Å²) in [4.78, 5) is 0. The van der Waals surface area contributed by atoms with E-state index in [1.165, 1.54) is 6.07 Å². The van der Waals surface area contributed by atoms with Crippen LogP contribution in [-0.4, -0.2) is 12.6 Å². The molecule has 1 fully saturated rings. The molecule has 1 aromatic carbocycles. The molecule has 1 nitrogen and oxygen atoms in total. The molecule has 1 aromatic rings. The third-order valence-corrected chi connectivity index (χ3v) is 3.39. The third kappa shape index (κ3) is 3.69. The largest absolute Gasteiger partial charge is 0.416 e. The normalized spacial score (nSPS) is 22.9. The second-order valence-corrected chi connectivity index (χ2v) is 5.44. The van der Waals surface area contributed by atoms with Crippen LogP contribution in [0.3, 0.4) is 0 Å². The zero-order valence-electron chi connectivity index (χ0n) is 10.9. The third-order valence-electron chi connectivity index (χ3n) is 3.39. The standard InChI is InChI=1S/C14H17F4N/c1-8(2)19-7-10-5-13(10)9-3-11(14(16,17)18)6-12(15)4-9/h3-4,6,8,10,13,19H,5,7H2,1-2H3. The lowest BCUT2D eigenvalue weighted by Crippen LogP contribution is -2.25. The van der Waals surface area contributed by atoms with Gasteiger partial charge in [0, 0.05) is 6.04 Å². The molecule has 0 aromatic heterocycles. The van der Waals surface area contributed by atoms with E-state index in [4.69, 9.17) is 0 Å². The van der Waals surface area contributed by atoms with Gasteiger partial charge in [0.15, 0.2) is 0 Å². The lowest BCUT2D eigenvalue weighted by molar-refractivity contribution is -0.137. The van der Waals surface area contributed by atoms with Crippen LogP contribution in [-0.2, 0) is 6.18 Å². The minimum absolute atomic E-state index is 0.0445. The van der Waals surface area contributed by atoms with Crippen LogP contribution >= 0.6 is 0 Å². The number of hydrogen-bond acceptors (Lipinski definition) is 1. The Kier molecular flexibility index (Phi) is 3.85. The summed E-state index contributed by atoms with van der Waals surface area (Å²) in [6, 6.07) is 3.19. The number of nitrogens with one attached hydrogen (secondary N) is 1. The average Bonchev–Trinajstić information content (AvgIpc) is 3.03. The highest BCUT2D eigenvalue weighted by Crippen LogP contribution is 2.48. The highest BCUT2D eigenvalue weighted by molar-refractivity contribution is 5.32. The van der Waals surface area contributed by atoms with E-state index in [0.717, 1.165) is 19.0 Å². The van der Waals surface area contributed by atoms with Crippen LogP contribution in [0.15, 0.2) is 18.2 Å². The van der Waals surface area contributed by atoms with Crippen molar-refractivity contribution in [1.29, 1.82) is 0 Å². The van der Waals surface area contributed by atoms with Gasteiger partial charge in [0.2, 0.25) is 0 Å². The van der Waals surface area contributed by atoms with Crippen LogP contribution in [0, 0.1) is 11.7 Å². The van der Waals surface area contributed by atoms with Crippen LogP contribution in [0.2, 0.25) is 0 Å². The Morgan fingerprint density at radius 1 is 1.26 bits per heavy atom. The number of alkyl halides is 3. The first-order chi connectivity index (χ1) is 8.77. The number of benzene rings is 1.